The minimum Gasteiger partial charge on any atom is -0.756 e. The van der Waals surface area contributed by atoms with E-state index in [1.807, 2.05) is 33.3 Å². The van der Waals surface area contributed by atoms with Gasteiger partial charge in [-0.15, -0.1) is 0 Å². The molecule has 360 valence electrons. The highest BCUT2D eigenvalue weighted by Crippen LogP contribution is 2.38. The summed E-state index contributed by atoms with van der Waals surface area (Å²) in [5.41, 5.74) is 0. The third kappa shape index (κ3) is 47.6. The van der Waals surface area contributed by atoms with Gasteiger partial charge in [-0.2, -0.15) is 0 Å². The smallest absolute Gasteiger partial charge is 0.306 e. The number of phosphoric acid groups is 1. The van der Waals surface area contributed by atoms with E-state index in [1.165, 1.54) is 0 Å². The Bertz CT molecular complexity index is 1540. The first-order chi connectivity index (χ1) is 31.0. The molecular weight excluding hydrogens is 822 g/mol. The number of likely N-dealkylation sites (N-methyl/N-ethyl adjacent to an activating group) is 1. The van der Waals surface area contributed by atoms with Crippen molar-refractivity contribution in [2.45, 2.75) is 148 Å². The first-order valence-corrected chi connectivity index (χ1v) is 25.4. The number of phosphoric ester groups is 1. The molecule has 0 saturated heterocycles. The van der Waals surface area contributed by atoms with Crippen molar-refractivity contribution in [3.05, 3.63) is 134 Å². The molecule has 0 rings (SSSR count). The molecule has 0 fully saturated rings. The second kappa shape index (κ2) is 44.4. The molecule has 0 aliphatic carbocycles. The van der Waals surface area contributed by atoms with E-state index in [2.05, 4.69) is 135 Å². The number of hydrogen-bond donors (Lipinski definition) is 0. The third-order valence-electron chi connectivity index (χ3n) is 9.18. The van der Waals surface area contributed by atoms with Crippen molar-refractivity contribution in [1.29, 1.82) is 0 Å². The monoisotopic (exact) mass is 908 g/mol. The molecule has 0 aliphatic rings. The van der Waals surface area contributed by atoms with E-state index in [0.29, 0.717) is 23.9 Å². The van der Waals surface area contributed by atoms with Gasteiger partial charge in [-0.25, -0.2) is 0 Å². The first kappa shape index (κ1) is 60.2. The summed E-state index contributed by atoms with van der Waals surface area (Å²) >= 11 is 0. The Kier molecular flexibility index (Phi) is 41.7. The summed E-state index contributed by atoms with van der Waals surface area (Å²) in [4.78, 5) is 37.6. The molecule has 0 aromatic heterocycles. The summed E-state index contributed by atoms with van der Waals surface area (Å²) in [5.74, 6) is -0.970. The van der Waals surface area contributed by atoms with Gasteiger partial charge in [0.1, 0.15) is 19.8 Å². The zero-order valence-electron chi connectivity index (χ0n) is 40.4. The molecule has 2 unspecified atom stereocenters. The van der Waals surface area contributed by atoms with E-state index >= 15 is 0 Å². The van der Waals surface area contributed by atoms with Gasteiger partial charge in [-0.05, 0) is 96.3 Å². The van der Waals surface area contributed by atoms with Crippen LogP contribution in [0.3, 0.4) is 0 Å². The fourth-order valence-corrected chi connectivity index (χ4v) is 6.26. The van der Waals surface area contributed by atoms with Gasteiger partial charge in [0, 0.05) is 12.8 Å². The zero-order chi connectivity index (χ0) is 47.1. The molecule has 64 heavy (non-hydrogen) atoms. The topological polar surface area (TPSA) is 111 Å². The van der Waals surface area contributed by atoms with E-state index in [0.717, 1.165) is 103 Å². The fraction of sp³-hybridized carbons (Fsp3) is 0.556. The maximum Gasteiger partial charge on any atom is 0.306 e. The van der Waals surface area contributed by atoms with Crippen LogP contribution in [0.4, 0.5) is 0 Å². The van der Waals surface area contributed by atoms with Crippen LogP contribution in [-0.2, 0) is 32.7 Å². The van der Waals surface area contributed by atoms with E-state index in [9.17, 15) is 19.0 Å². The SMILES string of the molecule is CC/C=C\C/C=C\C/C=C\C/C=C\C/C=C\C/C=C\CCC(=O)OC(COC(=O)CCCCCCC/C=C\C/C=C\C/C=C\C/C=C\C/C=C\CC)COP(=O)([O-])OCC[N+](C)(C)C. The van der Waals surface area contributed by atoms with Crippen LogP contribution in [0.15, 0.2) is 134 Å². The Balaban J connectivity index is 4.49. The average molecular weight is 908 g/mol. The molecule has 0 heterocycles. The number of esters is 2. The summed E-state index contributed by atoms with van der Waals surface area (Å²) < 4.78 is 33.9. The van der Waals surface area contributed by atoms with Crippen LogP contribution in [0.2, 0.25) is 0 Å². The van der Waals surface area contributed by atoms with Crippen LogP contribution in [-0.4, -0.2) is 70.0 Å². The van der Waals surface area contributed by atoms with E-state index < -0.39 is 32.5 Å². The Labute approximate surface area is 390 Å². The molecule has 9 nitrogen and oxygen atoms in total. The molecule has 0 spiro atoms. The van der Waals surface area contributed by atoms with Gasteiger partial charge in [0.05, 0.1) is 27.7 Å². The highest BCUT2D eigenvalue weighted by molar-refractivity contribution is 7.45. The first-order valence-electron chi connectivity index (χ1n) is 23.9. The number of ether oxygens (including phenoxy) is 2. The fourth-order valence-electron chi connectivity index (χ4n) is 5.53. The van der Waals surface area contributed by atoms with Crippen LogP contribution < -0.4 is 4.89 Å². The van der Waals surface area contributed by atoms with Crippen molar-refractivity contribution in [3.8, 4) is 0 Å². The quantitative estimate of drug-likeness (QED) is 0.0196. The number of carbonyl (C=O) groups is 2. The predicted molar refractivity (Wildman–Crippen MR) is 267 cm³/mol. The van der Waals surface area contributed by atoms with Crippen LogP contribution in [0.1, 0.15) is 142 Å². The van der Waals surface area contributed by atoms with Gasteiger partial charge in [0.15, 0.2) is 6.10 Å². The van der Waals surface area contributed by atoms with Gasteiger partial charge in [-0.3, -0.25) is 14.2 Å². The highest BCUT2D eigenvalue weighted by Gasteiger charge is 2.21. The lowest BCUT2D eigenvalue weighted by atomic mass is 10.1. The molecule has 2 atom stereocenters. The van der Waals surface area contributed by atoms with Crippen molar-refractivity contribution in [2.75, 3.05) is 47.5 Å². The third-order valence-corrected chi connectivity index (χ3v) is 10.1. The molecule has 0 aromatic rings. The number of carbonyl (C=O) groups excluding carboxylic acids is 2. The summed E-state index contributed by atoms with van der Waals surface area (Å²) in [7, 11) is 1.08. The Morgan fingerprint density at radius 1 is 0.484 bits per heavy atom. The van der Waals surface area contributed by atoms with Crippen LogP contribution in [0.25, 0.3) is 0 Å². The highest BCUT2D eigenvalue weighted by atomic mass is 31.2. The molecule has 0 radical (unpaired) electrons. The van der Waals surface area contributed by atoms with Crippen molar-refractivity contribution in [1.82, 2.24) is 0 Å². The normalized spacial score (nSPS) is 14.7. The summed E-state index contributed by atoms with van der Waals surface area (Å²) in [5, 5.41) is 0. The Morgan fingerprint density at radius 3 is 1.31 bits per heavy atom. The lowest BCUT2D eigenvalue weighted by molar-refractivity contribution is -0.870. The van der Waals surface area contributed by atoms with Gasteiger partial charge < -0.3 is 27.9 Å². The van der Waals surface area contributed by atoms with Crippen molar-refractivity contribution < 1.29 is 42.1 Å². The average Bonchev–Trinajstić information content (AvgIpc) is 3.25. The van der Waals surface area contributed by atoms with E-state index in [1.54, 1.807) is 0 Å². The van der Waals surface area contributed by atoms with Crippen molar-refractivity contribution in [2.24, 2.45) is 0 Å². The summed E-state index contributed by atoms with van der Waals surface area (Å²) in [6.45, 7) is 3.86. The second-order valence-electron chi connectivity index (χ2n) is 16.4. The minimum absolute atomic E-state index is 0.0565. The largest absolute Gasteiger partial charge is 0.756 e. The number of allylic oxidation sites excluding steroid dienone is 22. The molecule has 0 amide bonds. The van der Waals surface area contributed by atoms with Gasteiger partial charge in [0.25, 0.3) is 7.82 Å². The molecule has 0 bridgehead atoms. The summed E-state index contributed by atoms with van der Waals surface area (Å²) in [6.07, 6.45) is 63.5. The maximum absolute atomic E-state index is 12.7. The molecule has 0 saturated carbocycles. The number of unbranched alkanes of at least 4 members (excludes halogenated alkanes) is 5. The lowest BCUT2D eigenvalue weighted by Gasteiger charge is -2.28. The van der Waals surface area contributed by atoms with Crippen LogP contribution in [0.5, 0.6) is 0 Å². The molecule has 0 aromatic carbocycles. The van der Waals surface area contributed by atoms with Gasteiger partial charge in [-0.1, -0.05) is 167 Å². The van der Waals surface area contributed by atoms with Crippen LogP contribution >= 0.6 is 7.82 Å². The molecule has 10 heteroatoms. The lowest BCUT2D eigenvalue weighted by Crippen LogP contribution is -2.37. The predicted octanol–water partition coefficient (Wildman–Crippen LogP) is 13.6. The van der Waals surface area contributed by atoms with Gasteiger partial charge >= 0.3 is 11.9 Å². The van der Waals surface area contributed by atoms with Gasteiger partial charge in [0.2, 0.25) is 0 Å². The molecular formula is C54H86NO8P. The second-order valence-corrected chi connectivity index (χ2v) is 17.8. The Hall–Kier alpha value is -3.85. The molecule has 0 aliphatic heterocycles. The summed E-state index contributed by atoms with van der Waals surface area (Å²) in [6, 6.07) is 0. The number of quaternary nitrogens is 1. The number of rotatable bonds is 41. The minimum atomic E-state index is -4.67. The van der Waals surface area contributed by atoms with Crippen LogP contribution in [0, 0.1) is 0 Å². The van der Waals surface area contributed by atoms with Crippen molar-refractivity contribution in [3.63, 3.8) is 0 Å². The Morgan fingerprint density at radius 2 is 0.875 bits per heavy atom. The van der Waals surface area contributed by atoms with E-state index in [4.69, 9.17) is 18.5 Å². The standard InChI is InChI=1S/C54H86NO8P/c1-6-8-10-12-14-16-18-20-22-24-26-27-29-30-32-34-36-38-40-42-44-46-53(56)60-50-52(51-62-64(58,59)61-49-48-55(3,4)5)63-54(57)47-45-43-41-39-37-35-33-31-28-25-23-21-19-17-15-13-11-9-7-2/h8-11,14-17,20-23,26-28,30-32,35,37,41,43,52H,6-7,12-13,18-19,24-25,29,33-34,36,38-40,42,44-51H2,1-5H3/b10-8-,11-9-,16-14-,17-15-,22-20-,23-21-,27-26-,31-28-,32-30-,37-35-,43-41-. The van der Waals surface area contributed by atoms with Crippen molar-refractivity contribution >= 4 is 19.8 Å². The van der Waals surface area contributed by atoms with E-state index in [-0.39, 0.29) is 26.1 Å². The number of hydrogen-bond acceptors (Lipinski definition) is 8. The zero-order valence-corrected chi connectivity index (χ0v) is 41.3. The number of nitrogens with zero attached hydrogens (tertiary/aromatic N) is 1. The molecule has 0 N–H and O–H groups in total. The maximum atomic E-state index is 12.7.